The van der Waals surface area contributed by atoms with Crippen molar-refractivity contribution in [2.45, 2.75) is 9.79 Å². The second kappa shape index (κ2) is 6.78. The van der Waals surface area contributed by atoms with Crippen LogP contribution in [0, 0.1) is 0 Å². The number of hydrogen-bond donors (Lipinski definition) is 2. The van der Waals surface area contributed by atoms with E-state index in [0.29, 0.717) is 16.9 Å². The normalized spacial score (nSPS) is 11.0. The Morgan fingerprint density at radius 3 is 2.12 bits per heavy atom. The average molecular weight is 352 g/mol. The molecule has 1 amide bonds. The van der Waals surface area contributed by atoms with E-state index in [0.717, 1.165) is 0 Å². The van der Waals surface area contributed by atoms with Gasteiger partial charge >= 0.3 is 0 Å². The van der Waals surface area contributed by atoms with Crippen LogP contribution in [-0.4, -0.2) is 14.3 Å². The standard InChI is InChI=1S/C19H16N2O3S/c20-15-8-4-10-17(12-15)25(23,24)18-11-5-9-16(13-18)21-19(22)14-6-2-1-3-7-14/h1-13H,20H2,(H,21,22). The third-order valence-electron chi connectivity index (χ3n) is 3.61. The van der Waals surface area contributed by atoms with Gasteiger partial charge in [0.25, 0.3) is 5.91 Å². The topological polar surface area (TPSA) is 89.3 Å². The summed E-state index contributed by atoms with van der Waals surface area (Å²) in [5.74, 6) is -0.306. The van der Waals surface area contributed by atoms with E-state index in [1.165, 1.54) is 24.3 Å². The van der Waals surface area contributed by atoms with E-state index in [4.69, 9.17) is 5.73 Å². The SMILES string of the molecule is Nc1cccc(S(=O)(=O)c2cccc(NC(=O)c3ccccc3)c2)c1. The van der Waals surface area contributed by atoms with E-state index >= 15 is 0 Å². The van der Waals surface area contributed by atoms with Gasteiger partial charge in [-0.15, -0.1) is 0 Å². The number of anilines is 2. The van der Waals surface area contributed by atoms with E-state index in [9.17, 15) is 13.2 Å². The van der Waals surface area contributed by atoms with Crippen molar-refractivity contribution in [1.82, 2.24) is 0 Å². The number of amides is 1. The molecule has 0 saturated carbocycles. The van der Waals surface area contributed by atoms with Crippen LogP contribution in [0.1, 0.15) is 10.4 Å². The fourth-order valence-corrected chi connectivity index (χ4v) is 3.71. The molecule has 3 aromatic rings. The van der Waals surface area contributed by atoms with Crippen molar-refractivity contribution in [2.24, 2.45) is 0 Å². The zero-order valence-electron chi connectivity index (χ0n) is 13.2. The lowest BCUT2D eigenvalue weighted by molar-refractivity contribution is 0.102. The highest BCUT2D eigenvalue weighted by Gasteiger charge is 2.18. The van der Waals surface area contributed by atoms with Crippen LogP contribution < -0.4 is 11.1 Å². The van der Waals surface area contributed by atoms with Gasteiger partial charge in [0.1, 0.15) is 0 Å². The Morgan fingerprint density at radius 1 is 0.800 bits per heavy atom. The summed E-state index contributed by atoms with van der Waals surface area (Å²) in [5, 5.41) is 2.71. The highest BCUT2D eigenvalue weighted by molar-refractivity contribution is 7.91. The number of hydrogen-bond acceptors (Lipinski definition) is 4. The summed E-state index contributed by atoms with van der Waals surface area (Å²) in [6.45, 7) is 0. The van der Waals surface area contributed by atoms with Crippen LogP contribution in [-0.2, 0) is 9.84 Å². The Hall–Kier alpha value is -3.12. The Bertz CT molecular complexity index is 1020. The van der Waals surface area contributed by atoms with Crippen molar-refractivity contribution >= 4 is 27.1 Å². The van der Waals surface area contributed by atoms with Gasteiger partial charge in [0, 0.05) is 16.9 Å². The lowest BCUT2D eigenvalue weighted by atomic mass is 10.2. The molecule has 0 saturated heterocycles. The minimum Gasteiger partial charge on any atom is -0.399 e. The number of nitrogens with two attached hydrogens (primary N) is 1. The third-order valence-corrected chi connectivity index (χ3v) is 5.36. The van der Waals surface area contributed by atoms with Crippen LogP contribution in [0.15, 0.2) is 88.7 Å². The molecule has 0 aliphatic carbocycles. The monoisotopic (exact) mass is 352 g/mol. The summed E-state index contributed by atoms with van der Waals surface area (Å²) in [4.78, 5) is 12.4. The number of carbonyl (C=O) groups excluding carboxylic acids is 1. The molecule has 0 fully saturated rings. The van der Waals surface area contributed by atoms with Crippen LogP contribution >= 0.6 is 0 Å². The second-order valence-electron chi connectivity index (χ2n) is 5.42. The molecule has 0 aromatic heterocycles. The Balaban J connectivity index is 1.90. The van der Waals surface area contributed by atoms with Gasteiger partial charge in [-0.2, -0.15) is 0 Å². The van der Waals surface area contributed by atoms with E-state index < -0.39 is 9.84 Å². The highest BCUT2D eigenvalue weighted by Crippen LogP contribution is 2.24. The summed E-state index contributed by atoms with van der Waals surface area (Å²) in [7, 11) is -3.72. The first-order valence-corrected chi connectivity index (χ1v) is 9.02. The molecule has 0 spiro atoms. The number of rotatable bonds is 4. The van der Waals surface area contributed by atoms with Crippen molar-refractivity contribution in [3.8, 4) is 0 Å². The van der Waals surface area contributed by atoms with Crippen LogP contribution in [0.25, 0.3) is 0 Å². The molecule has 0 radical (unpaired) electrons. The molecule has 5 nitrogen and oxygen atoms in total. The van der Waals surface area contributed by atoms with Crippen LogP contribution in [0.3, 0.4) is 0 Å². The molecule has 0 bridgehead atoms. The van der Waals surface area contributed by atoms with Gasteiger partial charge in [-0.05, 0) is 48.5 Å². The van der Waals surface area contributed by atoms with E-state index in [2.05, 4.69) is 5.32 Å². The predicted molar refractivity (Wildman–Crippen MR) is 97.1 cm³/mol. The molecule has 0 aliphatic heterocycles. The van der Waals surface area contributed by atoms with Gasteiger partial charge in [0.15, 0.2) is 0 Å². The first-order valence-electron chi connectivity index (χ1n) is 7.54. The minimum absolute atomic E-state index is 0.0870. The fourth-order valence-electron chi connectivity index (χ4n) is 2.35. The molecule has 3 N–H and O–H groups in total. The van der Waals surface area contributed by atoms with Crippen LogP contribution in [0.2, 0.25) is 0 Å². The van der Waals surface area contributed by atoms with E-state index in [1.807, 2.05) is 6.07 Å². The molecule has 3 rings (SSSR count). The lowest BCUT2D eigenvalue weighted by Crippen LogP contribution is -2.12. The molecule has 0 heterocycles. The van der Waals surface area contributed by atoms with E-state index in [-0.39, 0.29) is 15.7 Å². The maximum atomic E-state index is 12.7. The van der Waals surface area contributed by atoms with Gasteiger partial charge in [-0.3, -0.25) is 4.79 Å². The average Bonchev–Trinajstić information content (AvgIpc) is 2.62. The Labute approximate surface area is 146 Å². The molecular weight excluding hydrogens is 336 g/mol. The van der Waals surface area contributed by atoms with Gasteiger partial charge in [0.2, 0.25) is 9.84 Å². The van der Waals surface area contributed by atoms with Crippen molar-refractivity contribution in [2.75, 3.05) is 11.1 Å². The Morgan fingerprint density at radius 2 is 1.44 bits per heavy atom. The number of nitrogens with one attached hydrogen (secondary N) is 1. The number of sulfone groups is 1. The van der Waals surface area contributed by atoms with Gasteiger partial charge in [-0.25, -0.2) is 8.42 Å². The first kappa shape index (κ1) is 16.7. The van der Waals surface area contributed by atoms with Crippen molar-refractivity contribution in [3.63, 3.8) is 0 Å². The summed E-state index contributed by atoms with van der Waals surface area (Å²) >= 11 is 0. The molecule has 0 unspecified atom stereocenters. The summed E-state index contributed by atoms with van der Waals surface area (Å²) < 4.78 is 25.5. The fraction of sp³-hybridized carbons (Fsp3) is 0. The summed E-state index contributed by atoms with van der Waals surface area (Å²) in [6.07, 6.45) is 0. The number of carbonyl (C=O) groups is 1. The molecular formula is C19H16N2O3S. The minimum atomic E-state index is -3.72. The number of benzene rings is 3. The molecule has 0 atom stereocenters. The zero-order valence-corrected chi connectivity index (χ0v) is 14.0. The molecule has 25 heavy (non-hydrogen) atoms. The second-order valence-corrected chi connectivity index (χ2v) is 7.37. The lowest BCUT2D eigenvalue weighted by Gasteiger charge is -2.09. The molecule has 126 valence electrons. The van der Waals surface area contributed by atoms with Gasteiger partial charge in [0.05, 0.1) is 9.79 Å². The smallest absolute Gasteiger partial charge is 0.255 e. The van der Waals surface area contributed by atoms with Crippen molar-refractivity contribution in [1.29, 1.82) is 0 Å². The Kier molecular flexibility index (Phi) is 4.54. The highest BCUT2D eigenvalue weighted by atomic mass is 32.2. The van der Waals surface area contributed by atoms with Gasteiger partial charge in [-0.1, -0.05) is 30.3 Å². The van der Waals surface area contributed by atoms with E-state index in [1.54, 1.807) is 48.5 Å². The molecule has 0 aliphatic rings. The summed E-state index contributed by atoms with van der Waals surface area (Å²) in [6, 6.07) is 20.9. The summed E-state index contributed by atoms with van der Waals surface area (Å²) in [5.41, 5.74) is 6.94. The zero-order chi connectivity index (χ0) is 17.9. The number of nitrogen functional groups attached to an aromatic ring is 1. The first-order chi connectivity index (χ1) is 12.0. The van der Waals surface area contributed by atoms with Crippen LogP contribution in [0.4, 0.5) is 11.4 Å². The third kappa shape index (κ3) is 3.70. The maximum absolute atomic E-state index is 12.7. The van der Waals surface area contributed by atoms with Crippen molar-refractivity contribution < 1.29 is 13.2 Å². The largest absolute Gasteiger partial charge is 0.399 e. The van der Waals surface area contributed by atoms with Crippen LogP contribution in [0.5, 0.6) is 0 Å². The maximum Gasteiger partial charge on any atom is 0.255 e. The quantitative estimate of drug-likeness (QED) is 0.705. The van der Waals surface area contributed by atoms with Crippen molar-refractivity contribution in [3.05, 3.63) is 84.4 Å². The molecule has 6 heteroatoms. The predicted octanol–water partition coefficient (Wildman–Crippen LogP) is 3.35. The van der Waals surface area contributed by atoms with Gasteiger partial charge < -0.3 is 11.1 Å². The molecule has 3 aromatic carbocycles.